The van der Waals surface area contributed by atoms with Crippen LogP contribution in [0.1, 0.15) is 0 Å². The predicted molar refractivity (Wildman–Crippen MR) is 80.8 cm³/mol. The van der Waals surface area contributed by atoms with E-state index in [1.807, 2.05) is 30.3 Å². The van der Waals surface area contributed by atoms with Crippen molar-refractivity contribution in [3.8, 4) is 0 Å². The summed E-state index contributed by atoms with van der Waals surface area (Å²) in [6, 6.07) is 12.2. The first-order chi connectivity index (χ1) is 9.63. The van der Waals surface area contributed by atoms with Gasteiger partial charge in [-0.2, -0.15) is 0 Å². The highest BCUT2D eigenvalue weighted by Crippen LogP contribution is 2.29. The van der Waals surface area contributed by atoms with Crippen LogP contribution >= 0.6 is 11.6 Å². The second-order valence-corrected chi connectivity index (χ2v) is 4.80. The second kappa shape index (κ2) is 4.98. The van der Waals surface area contributed by atoms with Gasteiger partial charge >= 0.3 is 0 Å². The number of anilines is 3. The standard InChI is InChI=1S/C15H11ClFN3/c16-11-7-15(13(18)8-12(11)17)20-10-3-4-14-9(6-10)2-1-5-19-14/h1-8,20H,18H2. The van der Waals surface area contributed by atoms with Crippen molar-refractivity contribution in [1.82, 2.24) is 4.98 Å². The number of nitrogens with two attached hydrogens (primary N) is 1. The Morgan fingerprint density at radius 1 is 1.15 bits per heavy atom. The van der Waals surface area contributed by atoms with Crippen LogP contribution in [0.5, 0.6) is 0 Å². The Balaban J connectivity index is 1.99. The molecule has 0 spiro atoms. The van der Waals surface area contributed by atoms with Gasteiger partial charge in [-0.05, 0) is 30.3 Å². The van der Waals surface area contributed by atoms with Crippen molar-refractivity contribution < 1.29 is 4.39 Å². The van der Waals surface area contributed by atoms with Gasteiger partial charge in [-0.1, -0.05) is 17.7 Å². The van der Waals surface area contributed by atoms with Crippen LogP contribution in [0.3, 0.4) is 0 Å². The third-order valence-corrected chi connectivity index (χ3v) is 3.26. The van der Waals surface area contributed by atoms with Gasteiger partial charge in [0.2, 0.25) is 0 Å². The number of benzene rings is 2. The monoisotopic (exact) mass is 287 g/mol. The molecule has 0 aliphatic carbocycles. The van der Waals surface area contributed by atoms with Crippen molar-refractivity contribution in [2.24, 2.45) is 0 Å². The van der Waals surface area contributed by atoms with Gasteiger partial charge in [-0.25, -0.2) is 4.39 Å². The van der Waals surface area contributed by atoms with E-state index in [0.29, 0.717) is 11.4 Å². The van der Waals surface area contributed by atoms with Crippen molar-refractivity contribution in [1.29, 1.82) is 0 Å². The lowest BCUT2D eigenvalue weighted by atomic mass is 10.2. The topological polar surface area (TPSA) is 50.9 Å². The maximum absolute atomic E-state index is 13.3. The molecule has 2 aromatic carbocycles. The molecule has 3 N–H and O–H groups in total. The highest BCUT2D eigenvalue weighted by Gasteiger charge is 2.07. The molecule has 0 saturated carbocycles. The van der Waals surface area contributed by atoms with Crippen LogP contribution in [-0.4, -0.2) is 4.98 Å². The molecule has 100 valence electrons. The van der Waals surface area contributed by atoms with E-state index in [1.54, 1.807) is 6.20 Å². The molecule has 0 aliphatic rings. The average Bonchev–Trinajstić information content (AvgIpc) is 2.44. The lowest BCUT2D eigenvalue weighted by Gasteiger charge is -2.11. The summed E-state index contributed by atoms with van der Waals surface area (Å²) in [5.41, 5.74) is 8.39. The Morgan fingerprint density at radius 3 is 2.85 bits per heavy atom. The molecule has 0 amide bonds. The van der Waals surface area contributed by atoms with Gasteiger partial charge in [0.25, 0.3) is 0 Å². The number of nitrogen functional groups attached to an aromatic ring is 1. The number of nitrogens with one attached hydrogen (secondary N) is 1. The average molecular weight is 288 g/mol. The first-order valence-electron chi connectivity index (χ1n) is 6.00. The van der Waals surface area contributed by atoms with Crippen LogP contribution in [0.4, 0.5) is 21.5 Å². The van der Waals surface area contributed by atoms with E-state index >= 15 is 0 Å². The molecule has 3 aromatic rings. The van der Waals surface area contributed by atoms with Gasteiger partial charge in [-0.3, -0.25) is 4.98 Å². The second-order valence-electron chi connectivity index (χ2n) is 4.39. The maximum atomic E-state index is 13.3. The van der Waals surface area contributed by atoms with Crippen LogP contribution < -0.4 is 11.1 Å². The van der Waals surface area contributed by atoms with Crippen molar-refractivity contribution in [2.75, 3.05) is 11.1 Å². The van der Waals surface area contributed by atoms with E-state index in [0.717, 1.165) is 16.6 Å². The fourth-order valence-corrected chi connectivity index (χ4v) is 2.14. The van der Waals surface area contributed by atoms with Gasteiger partial charge < -0.3 is 11.1 Å². The van der Waals surface area contributed by atoms with Crippen molar-refractivity contribution in [3.05, 3.63) is 59.5 Å². The molecule has 1 aromatic heterocycles. The summed E-state index contributed by atoms with van der Waals surface area (Å²) in [7, 11) is 0. The van der Waals surface area contributed by atoms with Gasteiger partial charge in [0.05, 0.1) is 21.9 Å². The van der Waals surface area contributed by atoms with Gasteiger partial charge in [-0.15, -0.1) is 0 Å². The Labute approximate surface area is 120 Å². The molecule has 20 heavy (non-hydrogen) atoms. The fourth-order valence-electron chi connectivity index (χ4n) is 1.98. The molecule has 0 radical (unpaired) electrons. The maximum Gasteiger partial charge on any atom is 0.143 e. The Bertz CT molecular complexity index is 789. The smallest absolute Gasteiger partial charge is 0.143 e. The van der Waals surface area contributed by atoms with Gasteiger partial charge in [0, 0.05) is 23.3 Å². The summed E-state index contributed by atoms with van der Waals surface area (Å²) >= 11 is 5.77. The molecule has 0 saturated heterocycles. The van der Waals surface area contributed by atoms with Gasteiger partial charge in [0.1, 0.15) is 5.82 Å². The summed E-state index contributed by atoms with van der Waals surface area (Å²) in [5, 5.41) is 4.16. The zero-order valence-electron chi connectivity index (χ0n) is 10.4. The largest absolute Gasteiger partial charge is 0.397 e. The van der Waals surface area contributed by atoms with Crippen LogP contribution in [-0.2, 0) is 0 Å². The van der Waals surface area contributed by atoms with Crippen molar-refractivity contribution in [3.63, 3.8) is 0 Å². The molecule has 5 heteroatoms. The molecule has 0 unspecified atom stereocenters. The minimum absolute atomic E-state index is 0.0316. The number of nitrogens with zero attached hydrogens (tertiary/aromatic N) is 1. The molecule has 3 nitrogen and oxygen atoms in total. The van der Waals surface area contributed by atoms with Crippen LogP contribution in [0.15, 0.2) is 48.7 Å². The number of hydrogen-bond donors (Lipinski definition) is 2. The molecular formula is C15H11ClFN3. The summed E-state index contributed by atoms with van der Waals surface area (Å²) in [6.45, 7) is 0. The third-order valence-electron chi connectivity index (χ3n) is 2.97. The first kappa shape index (κ1) is 12.7. The van der Waals surface area contributed by atoms with E-state index in [4.69, 9.17) is 17.3 Å². The number of rotatable bonds is 2. The van der Waals surface area contributed by atoms with E-state index in [2.05, 4.69) is 10.3 Å². The van der Waals surface area contributed by atoms with Crippen molar-refractivity contribution >= 4 is 39.6 Å². The zero-order chi connectivity index (χ0) is 14.1. The lowest BCUT2D eigenvalue weighted by Crippen LogP contribution is -1.97. The quantitative estimate of drug-likeness (QED) is 0.689. The van der Waals surface area contributed by atoms with E-state index in [-0.39, 0.29) is 5.02 Å². The van der Waals surface area contributed by atoms with E-state index in [9.17, 15) is 4.39 Å². The van der Waals surface area contributed by atoms with Crippen molar-refractivity contribution in [2.45, 2.75) is 0 Å². The van der Waals surface area contributed by atoms with Crippen LogP contribution in [0.25, 0.3) is 10.9 Å². The molecule has 0 bridgehead atoms. The fraction of sp³-hybridized carbons (Fsp3) is 0. The lowest BCUT2D eigenvalue weighted by molar-refractivity contribution is 0.629. The SMILES string of the molecule is Nc1cc(F)c(Cl)cc1Nc1ccc2ncccc2c1. The van der Waals surface area contributed by atoms with Crippen LogP contribution in [0.2, 0.25) is 5.02 Å². The summed E-state index contributed by atoms with van der Waals surface area (Å²) in [6.07, 6.45) is 1.74. The third kappa shape index (κ3) is 2.38. The Hall–Kier alpha value is -2.33. The highest BCUT2D eigenvalue weighted by atomic mass is 35.5. The van der Waals surface area contributed by atoms with E-state index < -0.39 is 5.82 Å². The number of pyridine rings is 1. The predicted octanol–water partition coefficient (Wildman–Crippen LogP) is 4.35. The molecule has 1 heterocycles. The Morgan fingerprint density at radius 2 is 2.00 bits per heavy atom. The minimum atomic E-state index is -0.530. The summed E-state index contributed by atoms with van der Waals surface area (Å²) in [4.78, 5) is 4.25. The molecule has 3 rings (SSSR count). The molecule has 0 atom stereocenters. The minimum Gasteiger partial charge on any atom is -0.397 e. The number of halogens is 2. The number of aromatic nitrogens is 1. The van der Waals surface area contributed by atoms with E-state index in [1.165, 1.54) is 12.1 Å². The van der Waals surface area contributed by atoms with Crippen LogP contribution in [0, 0.1) is 5.82 Å². The number of fused-ring (bicyclic) bond motifs is 1. The zero-order valence-corrected chi connectivity index (χ0v) is 11.2. The molecule has 0 fully saturated rings. The summed E-state index contributed by atoms with van der Waals surface area (Å²) < 4.78 is 13.3. The van der Waals surface area contributed by atoms with Gasteiger partial charge in [0.15, 0.2) is 0 Å². The number of hydrogen-bond acceptors (Lipinski definition) is 3. The normalized spacial score (nSPS) is 10.7. The highest BCUT2D eigenvalue weighted by molar-refractivity contribution is 6.31. The first-order valence-corrected chi connectivity index (χ1v) is 6.37. The molecular weight excluding hydrogens is 277 g/mol. The molecule has 0 aliphatic heterocycles. The summed E-state index contributed by atoms with van der Waals surface area (Å²) in [5.74, 6) is -0.530. The Kier molecular flexibility index (Phi) is 3.16.